The van der Waals surface area contributed by atoms with Crippen molar-refractivity contribution < 1.29 is 10.0 Å². The Morgan fingerprint density at radius 2 is 2.06 bits per heavy atom. The lowest BCUT2D eigenvalue weighted by Crippen LogP contribution is -2.19. The molecule has 4 nitrogen and oxygen atoms in total. The van der Waals surface area contributed by atoms with Gasteiger partial charge in [-0.3, -0.25) is 10.1 Å². The molecule has 0 saturated carbocycles. The van der Waals surface area contributed by atoms with Crippen LogP contribution in [0.5, 0.6) is 0 Å². The van der Waals surface area contributed by atoms with E-state index in [2.05, 4.69) is 6.58 Å². The molecule has 0 aromatic heterocycles. The Labute approximate surface area is 94.4 Å². The maximum Gasteiger partial charge on any atom is 0.229 e. The van der Waals surface area contributed by atoms with Gasteiger partial charge in [-0.25, -0.2) is 0 Å². The lowest BCUT2D eigenvalue weighted by atomic mass is 10.0. The van der Waals surface area contributed by atoms with Gasteiger partial charge in [-0.15, -0.1) is 0 Å². The minimum atomic E-state index is -0.893. The molecule has 0 radical (unpaired) electrons. The minimum Gasteiger partial charge on any atom is -0.386 e. The SMILES string of the molecule is C=C(CC[C@@H](O)C[N+](=O)[O-])c1ccccc1. The van der Waals surface area contributed by atoms with Gasteiger partial charge in [0.2, 0.25) is 6.54 Å². The molecule has 0 aliphatic heterocycles. The van der Waals surface area contributed by atoms with Gasteiger partial charge < -0.3 is 5.11 Å². The first-order chi connectivity index (χ1) is 7.59. The zero-order valence-corrected chi connectivity index (χ0v) is 9.00. The Hall–Kier alpha value is -1.68. The van der Waals surface area contributed by atoms with Crippen LogP contribution in [0.4, 0.5) is 0 Å². The molecule has 1 aromatic carbocycles. The van der Waals surface area contributed by atoms with Crippen LogP contribution in [0.1, 0.15) is 18.4 Å². The predicted molar refractivity (Wildman–Crippen MR) is 62.6 cm³/mol. The first-order valence-electron chi connectivity index (χ1n) is 5.12. The third kappa shape index (κ3) is 4.23. The summed E-state index contributed by atoms with van der Waals surface area (Å²) in [6.07, 6.45) is 0.0451. The maximum atomic E-state index is 10.1. The van der Waals surface area contributed by atoms with Gasteiger partial charge in [-0.1, -0.05) is 36.9 Å². The van der Waals surface area contributed by atoms with E-state index in [9.17, 15) is 15.2 Å². The number of aliphatic hydroxyl groups excluding tert-OH is 1. The van der Waals surface area contributed by atoms with Crippen molar-refractivity contribution in [2.45, 2.75) is 18.9 Å². The standard InChI is InChI=1S/C12H15NO3/c1-10(11-5-3-2-4-6-11)7-8-12(14)9-13(15)16/h2-6,12,14H,1,7-9H2/t12-/m1/s1. The number of rotatable bonds is 6. The quantitative estimate of drug-likeness (QED) is 0.591. The van der Waals surface area contributed by atoms with Crippen LogP contribution in [0, 0.1) is 10.1 Å². The molecule has 0 heterocycles. The summed E-state index contributed by atoms with van der Waals surface area (Å²) in [5.41, 5.74) is 1.90. The summed E-state index contributed by atoms with van der Waals surface area (Å²) in [6.45, 7) is 3.49. The average molecular weight is 221 g/mol. The highest BCUT2D eigenvalue weighted by Gasteiger charge is 2.11. The fraction of sp³-hybridized carbons (Fsp3) is 0.333. The molecular formula is C12H15NO3. The molecular weight excluding hydrogens is 206 g/mol. The monoisotopic (exact) mass is 221 g/mol. The second kappa shape index (κ2) is 6.02. The largest absolute Gasteiger partial charge is 0.386 e. The number of aliphatic hydroxyl groups is 1. The van der Waals surface area contributed by atoms with Gasteiger partial charge in [-0.05, 0) is 24.0 Å². The van der Waals surface area contributed by atoms with E-state index < -0.39 is 17.6 Å². The number of benzene rings is 1. The second-order valence-electron chi connectivity index (χ2n) is 3.68. The van der Waals surface area contributed by atoms with Crippen LogP contribution in [-0.4, -0.2) is 22.7 Å². The number of hydrogen-bond donors (Lipinski definition) is 1. The molecule has 0 aliphatic carbocycles. The Kier molecular flexibility index (Phi) is 4.66. The van der Waals surface area contributed by atoms with Gasteiger partial charge in [0.25, 0.3) is 0 Å². The highest BCUT2D eigenvalue weighted by atomic mass is 16.6. The zero-order chi connectivity index (χ0) is 12.0. The molecule has 0 aliphatic rings. The normalized spacial score (nSPS) is 12.1. The summed E-state index contributed by atoms with van der Waals surface area (Å²) in [5.74, 6) is 0. The minimum absolute atomic E-state index is 0.370. The molecule has 0 bridgehead atoms. The number of nitro groups is 1. The highest BCUT2D eigenvalue weighted by molar-refractivity contribution is 5.62. The molecule has 0 unspecified atom stereocenters. The Morgan fingerprint density at radius 1 is 1.44 bits per heavy atom. The van der Waals surface area contributed by atoms with Crippen LogP contribution >= 0.6 is 0 Å². The van der Waals surface area contributed by atoms with Crippen molar-refractivity contribution in [2.75, 3.05) is 6.54 Å². The lowest BCUT2D eigenvalue weighted by Gasteiger charge is -2.08. The van der Waals surface area contributed by atoms with Crippen LogP contribution in [0.15, 0.2) is 36.9 Å². The topological polar surface area (TPSA) is 63.4 Å². The average Bonchev–Trinajstić information content (AvgIpc) is 2.26. The van der Waals surface area contributed by atoms with Crippen LogP contribution in [0.3, 0.4) is 0 Å². The van der Waals surface area contributed by atoms with Gasteiger partial charge in [0.15, 0.2) is 0 Å². The van der Waals surface area contributed by atoms with Crippen molar-refractivity contribution in [3.05, 3.63) is 52.6 Å². The van der Waals surface area contributed by atoms with Crippen molar-refractivity contribution in [3.8, 4) is 0 Å². The highest BCUT2D eigenvalue weighted by Crippen LogP contribution is 2.18. The van der Waals surface area contributed by atoms with Crippen molar-refractivity contribution in [3.63, 3.8) is 0 Å². The summed E-state index contributed by atoms with van der Waals surface area (Å²) in [6, 6.07) is 9.60. The van der Waals surface area contributed by atoms with Crippen LogP contribution < -0.4 is 0 Å². The molecule has 0 spiro atoms. The Balaban J connectivity index is 2.39. The van der Waals surface area contributed by atoms with Gasteiger partial charge in [0, 0.05) is 4.92 Å². The van der Waals surface area contributed by atoms with Crippen molar-refractivity contribution in [2.24, 2.45) is 0 Å². The van der Waals surface area contributed by atoms with Crippen molar-refractivity contribution >= 4 is 5.57 Å². The van der Waals surface area contributed by atoms with Gasteiger partial charge in [0.05, 0.1) is 0 Å². The first-order valence-corrected chi connectivity index (χ1v) is 5.12. The molecule has 86 valence electrons. The van der Waals surface area contributed by atoms with Crippen molar-refractivity contribution in [1.82, 2.24) is 0 Å². The van der Waals surface area contributed by atoms with E-state index in [0.29, 0.717) is 12.8 Å². The molecule has 0 saturated heterocycles. The third-order valence-corrected chi connectivity index (χ3v) is 2.32. The van der Waals surface area contributed by atoms with Gasteiger partial charge in [-0.2, -0.15) is 0 Å². The second-order valence-corrected chi connectivity index (χ2v) is 3.68. The molecule has 1 rings (SSSR count). The molecule has 4 heteroatoms. The lowest BCUT2D eigenvalue weighted by molar-refractivity contribution is -0.490. The maximum absolute atomic E-state index is 10.1. The summed E-state index contributed by atoms with van der Waals surface area (Å²) >= 11 is 0. The smallest absolute Gasteiger partial charge is 0.229 e. The van der Waals surface area contributed by atoms with E-state index in [-0.39, 0.29) is 0 Å². The van der Waals surface area contributed by atoms with Crippen LogP contribution in [-0.2, 0) is 0 Å². The summed E-state index contributed by atoms with van der Waals surface area (Å²) in [7, 11) is 0. The Morgan fingerprint density at radius 3 is 2.62 bits per heavy atom. The van der Waals surface area contributed by atoms with Gasteiger partial charge >= 0.3 is 0 Å². The first kappa shape index (κ1) is 12.4. The van der Waals surface area contributed by atoms with E-state index in [1.165, 1.54) is 0 Å². The number of nitrogens with zero attached hydrogens (tertiary/aromatic N) is 1. The van der Waals surface area contributed by atoms with E-state index in [1.54, 1.807) is 0 Å². The van der Waals surface area contributed by atoms with Crippen LogP contribution in [0.25, 0.3) is 5.57 Å². The van der Waals surface area contributed by atoms with Crippen LogP contribution in [0.2, 0.25) is 0 Å². The van der Waals surface area contributed by atoms with E-state index in [0.717, 1.165) is 11.1 Å². The number of hydrogen-bond acceptors (Lipinski definition) is 3. The molecule has 0 fully saturated rings. The number of allylic oxidation sites excluding steroid dienone is 1. The molecule has 1 N–H and O–H groups in total. The summed E-state index contributed by atoms with van der Waals surface area (Å²) < 4.78 is 0. The van der Waals surface area contributed by atoms with E-state index in [4.69, 9.17) is 0 Å². The van der Waals surface area contributed by atoms with Gasteiger partial charge in [0.1, 0.15) is 6.10 Å². The van der Waals surface area contributed by atoms with E-state index >= 15 is 0 Å². The predicted octanol–water partition coefficient (Wildman–Crippen LogP) is 2.12. The molecule has 0 amide bonds. The van der Waals surface area contributed by atoms with E-state index in [1.807, 2.05) is 30.3 Å². The summed E-state index contributed by atoms with van der Waals surface area (Å²) in [5, 5.41) is 19.5. The molecule has 1 atom stereocenters. The Bertz CT molecular complexity index is 362. The summed E-state index contributed by atoms with van der Waals surface area (Å²) in [4.78, 5) is 9.64. The third-order valence-electron chi connectivity index (χ3n) is 2.32. The fourth-order valence-electron chi connectivity index (χ4n) is 1.42. The fourth-order valence-corrected chi connectivity index (χ4v) is 1.42. The molecule has 1 aromatic rings. The zero-order valence-electron chi connectivity index (χ0n) is 9.00. The van der Waals surface area contributed by atoms with Crippen molar-refractivity contribution in [1.29, 1.82) is 0 Å². The molecule has 16 heavy (non-hydrogen) atoms.